The van der Waals surface area contributed by atoms with Gasteiger partial charge in [-0.05, 0) is 6.54 Å². The second-order valence-corrected chi connectivity index (χ2v) is 2.01. The summed E-state index contributed by atoms with van der Waals surface area (Å²) < 4.78 is 9.77. The fraction of sp³-hybridized carbons (Fsp3) is 1.00. The van der Waals surface area contributed by atoms with Crippen LogP contribution in [0.2, 0.25) is 0 Å². The van der Waals surface area contributed by atoms with Gasteiger partial charge >= 0.3 is 0 Å². The van der Waals surface area contributed by atoms with Gasteiger partial charge in [0.05, 0.1) is 13.2 Å². The van der Waals surface area contributed by atoms with E-state index in [0.29, 0.717) is 25.7 Å². The summed E-state index contributed by atoms with van der Waals surface area (Å²) in [4.78, 5) is 0. The van der Waals surface area contributed by atoms with Gasteiger partial charge in [-0.1, -0.05) is 0 Å². The normalized spacial score (nSPS) is 9.60. The first-order valence-electron chi connectivity index (χ1n) is 3.03. The summed E-state index contributed by atoms with van der Waals surface area (Å²) in [7, 11) is 3.33. The Labute approximate surface area is 68.3 Å². The fourth-order valence-corrected chi connectivity index (χ4v) is 0.656. The van der Waals surface area contributed by atoms with Crippen LogP contribution < -0.4 is 5.73 Å². The number of hydrogen-bond acceptors (Lipinski definition) is 3. The number of rotatable bonds is 5. The summed E-state index contributed by atoms with van der Waals surface area (Å²) in [6.45, 7) is 2.00. The van der Waals surface area contributed by atoms with Crippen LogP contribution >= 0.6 is 12.4 Å². The first kappa shape index (κ1) is 12.8. The van der Waals surface area contributed by atoms with E-state index in [2.05, 4.69) is 0 Å². The minimum Gasteiger partial charge on any atom is -0.384 e. The van der Waals surface area contributed by atoms with Crippen molar-refractivity contribution in [3.05, 3.63) is 0 Å². The molecule has 0 aliphatic rings. The van der Waals surface area contributed by atoms with Gasteiger partial charge in [-0.2, -0.15) is 0 Å². The van der Waals surface area contributed by atoms with Crippen LogP contribution in [0.4, 0.5) is 0 Å². The smallest absolute Gasteiger partial charge is 0.0524 e. The molecule has 0 heterocycles. The van der Waals surface area contributed by atoms with Crippen LogP contribution in [-0.2, 0) is 9.47 Å². The molecule has 0 aromatic heterocycles. The highest BCUT2D eigenvalue weighted by Crippen LogP contribution is 1.93. The van der Waals surface area contributed by atoms with Gasteiger partial charge in [-0.25, -0.2) is 0 Å². The third-order valence-electron chi connectivity index (χ3n) is 1.14. The molecule has 0 fully saturated rings. The Kier molecular flexibility index (Phi) is 11.7. The Balaban J connectivity index is 0. The SMILES string of the molecule is COCC(CN)COC.Cl. The zero-order valence-corrected chi connectivity index (χ0v) is 7.32. The minimum absolute atomic E-state index is 0. The fourth-order valence-electron chi connectivity index (χ4n) is 0.656. The average Bonchev–Trinajstić information content (AvgIpc) is 1.88. The molecule has 0 aromatic carbocycles. The standard InChI is InChI=1S/C6H15NO2.ClH/c1-8-4-6(3-7)5-9-2;/h6H,3-5,7H2,1-2H3;1H. The second kappa shape index (κ2) is 9.17. The van der Waals surface area contributed by atoms with Crippen molar-refractivity contribution in [2.24, 2.45) is 11.7 Å². The lowest BCUT2D eigenvalue weighted by molar-refractivity contribution is 0.0886. The van der Waals surface area contributed by atoms with Gasteiger partial charge in [-0.15, -0.1) is 12.4 Å². The lowest BCUT2D eigenvalue weighted by Gasteiger charge is -2.10. The second-order valence-electron chi connectivity index (χ2n) is 2.01. The summed E-state index contributed by atoms with van der Waals surface area (Å²) >= 11 is 0. The summed E-state index contributed by atoms with van der Waals surface area (Å²) in [5, 5.41) is 0. The monoisotopic (exact) mass is 169 g/mol. The van der Waals surface area contributed by atoms with Gasteiger partial charge in [0, 0.05) is 20.1 Å². The molecule has 4 heteroatoms. The molecular formula is C6H16ClNO2. The molecule has 64 valence electrons. The Hall–Kier alpha value is 0.170. The largest absolute Gasteiger partial charge is 0.384 e. The lowest BCUT2D eigenvalue weighted by Crippen LogP contribution is -2.23. The molecule has 0 radical (unpaired) electrons. The van der Waals surface area contributed by atoms with E-state index < -0.39 is 0 Å². The van der Waals surface area contributed by atoms with E-state index in [1.54, 1.807) is 14.2 Å². The number of nitrogens with two attached hydrogens (primary N) is 1. The number of ether oxygens (including phenoxy) is 2. The van der Waals surface area contributed by atoms with E-state index >= 15 is 0 Å². The molecule has 0 aromatic rings. The first-order chi connectivity index (χ1) is 4.35. The minimum atomic E-state index is 0. The molecule has 3 nitrogen and oxygen atoms in total. The van der Waals surface area contributed by atoms with Crippen LogP contribution in [0, 0.1) is 5.92 Å². The van der Waals surface area contributed by atoms with Gasteiger partial charge < -0.3 is 15.2 Å². The van der Waals surface area contributed by atoms with Crippen molar-refractivity contribution in [3.8, 4) is 0 Å². The van der Waals surface area contributed by atoms with Crippen molar-refractivity contribution in [2.45, 2.75) is 0 Å². The number of methoxy groups -OCH3 is 2. The van der Waals surface area contributed by atoms with Crippen LogP contribution in [0.1, 0.15) is 0 Å². The van der Waals surface area contributed by atoms with Crippen LogP contribution in [-0.4, -0.2) is 34.0 Å². The van der Waals surface area contributed by atoms with Crippen LogP contribution in [0.3, 0.4) is 0 Å². The van der Waals surface area contributed by atoms with Gasteiger partial charge in [0.2, 0.25) is 0 Å². The molecule has 0 amide bonds. The highest BCUT2D eigenvalue weighted by molar-refractivity contribution is 5.85. The molecule has 0 saturated heterocycles. The molecule has 0 rings (SSSR count). The maximum atomic E-state index is 5.38. The predicted octanol–water partition coefficient (Wildman–Crippen LogP) is 0.276. The van der Waals surface area contributed by atoms with Gasteiger partial charge in [-0.3, -0.25) is 0 Å². The van der Waals surface area contributed by atoms with E-state index in [-0.39, 0.29) is 12.4 Å². The first-order valence-corrected chi connectivity index (χ1v) is 3.03. The topological polar surface area (TPSA) is 44.5 Å². The van der Waals surface area contributed by atoms with Crippen molar-refractivity contribution >= 4 is 12.4 Å². The maximum absolute atomic E-state index is 5.38. The van der Waals surface area contributed by atoms with Crippen LogP contribution in [0.5, 0.6) is 0 Å². The van der Waals surface area contributed by atoms with Gasteiger partial charge in [0.1, 0.15) is 0 Å². The third-order valence-corrected chi connectivity index (χ3v) is 1.14. The molecule has 2 N–H and O–H groups in total. The Morgan fingerprint density at radius 2 is 1.60 bits per heavy atom. The molecule has 0 aliphatic carbocycles. The lowest BCUT2D eigenvalue weighted by atomic mass is 10.2. The highest BCUT2D eigenvalue weighted by Gasteiger charge is 2.03. The van der Waals surface area contributed by atoms with E-state index in [9.17, 15) is 0 Å². The van der Waals surface area contributed by atoms with Crippen molar-refractivity contribution in [1.82, 2.24) is 0 Å². The Morgan fingerprint density at radius 1 is 1.20 bits per heavy atom. The zero-order chi connectivity index (χ0) is 7.11. The molecule has 10 heavy (non-hydrogen) atoms. The predicted molar refractivity (Wildman–Crippen MR) is 43.5 cm³/mol. The molecule has 0 aliphatic heterocycles. The number of hydrogen-bond donors (Lipinski definition) is 1. The van der Waals surface area contributed by atoms with Gasteiger partial charge in [0.15, 0.2) is 0 Å². The molecule has 0 atom stereocenters. The molecular weight excluding hydrogens is 154 g/mol. The van der Waals surface area contributed by atoms with E-state index in [1.807, 2.05) is 0 Å². The Bertz CT molecular complexity index is 57.7. The zero-order valence-electron chi connectivity index (χ0n) is 6.50. The molecule has 0 saturated carbocycles. The quantitative estimate of drug-likeness (QED) is 0.643. The third kappa shape index (κ3) is 6.29. The van der Waals surface area contributed by atoms with E-state index in [4.69, 9.17) is 15.2 Å². The van der Waals surface area contributed by atoms with E-state index in [1.165, 1.54) is 0 Å². The molecule has 0 spiro atoms. The van der Waals surface area contributed by atoms with Crippen LogP contribution in [0.15, 0.2) is 0 Å². The summed E-state index contributed by atoms with van der Waals surface area (Å²) in [5.74, 6) is 0.347. The summed E-state index contributed by atoms with van der Waals surface area (Å²) in [5.41, 5.74) is 5.38. The van der Waals surface area contributed by atoms with Crippen molar-refractivity contribution < 1.29 is 9.47 Å². The van der Waals surface area contributed by atoms with Gasteiger partial charge in [0.25, 0.3) is 0 Å². The summed E-state index contributed by atoms with van der Waals surface area (Å²) in [6.07, 6.45) is 0. The van der Waals surface area contributed by atoms with Crippen molar-refractivity contribution in [2.75, 3.05) is 34.0 Å². The molecule has 0 bridgehead atoms. The number of halogens is 1. The maximum Gasteiger partial charge on any atom is 0.0524 e. The van der Waals surface area contributed by atoms with Crippen molar-refractivity contribution in [1.29, 1.82) is 0 Å². The molecule has 0 unspecified atom stereocenters. The van der Waals surface area contributed by atoms with Crippen LogP contribution in [0.25, 0.3) is 0 Å². The van der Waals surface area contributed by atoms with E-state index in [0.717, 1.165) is 0 Å². The highest BCUT2D eigenvalue weighted by atomic mass is 35.5. The Morgan fingerprint density at radius 3 is 1.80 bits per heavy atom. The summed E-state index contributed by atoms with van der Waals surface area (Å²) in [6, 6.07) is 0. The average molecular weight is 170 g/mol. The van der Waals surface area contributed by atoms with Crippen molar-refractivity contribution in [3.63, 3.8) is 0 Å².